The Morgan fingerprint density at radius 1 is 1.17 bits per heavy atom. The third-order valence-corrected chi connectivity index (χ3v) is 5.26. The highest BCUT2D eigenvalue weighted by atomic mass is 32.2. The summed E-state index contributed by atoms with van der Waals surface area (Å²) in [5, 5.41) is 1.70. The molecule has 1 aromatic carbocycles. The van der Waals surface area contributed by atoms with Gasteiger partial charge in [0.1, 0.15) is 10.0 Å². The van der Waals surface area contributed by atoms with E-state index in [1.54, 1.807) is 29.6 Å². The molecular formula is C12H12FNO2S2. The maximum Gasteiger partial charge on any atom is 0.250 e. The molecule has 0 aliphatic carbocycles. The predicted octanol–water partition coefficient (Wildman–Crippen LogP) is 2.41. The van der Waals surface area contributed by atoms with Crippen LogP contribution in [0.4, 0.5) is 4.39 Å². The minimum atomic E-state index is -3.45. The molecule has 6 heteroatoms. The fourth-order valence-electron chi connectivity index (χ4n) is 1.51. The molecule has 0 atom stereocenters. The third kappa shape index (κ3) is 3.16. The summed E-state index contributed by atoms with van der Waals surface area (Å²) in [6.45, 7) is 0.182. The second-order valence-electron chi connectivity index (χ2n) is 3.67. The van der Waals surface area contributed by atoms with E-state index in [1.165, 1.54) is 12.1 Å². The Labute approximate surface area is 109 Å². The maximum atomic E-state index is 13.3. The van der Waals surface area contributed by atoms with E-state index in [0.717, 1.165) is 11.3 Å². The van der Waals surface area contributed by atoms with E-state index in [4.69, 9.17) is 0 Å². The molecule has 1 aromatic heterocycles. The second-order valence-corrected chi connectivity index (χ2v) is 6.61. The summed E-state index contributed by atoms with van der Waals surface area (Å²) in [4.78, 5) is 0. The van der Waals surface area contributed by atoms with Gasteiger partial charge in [0.05, 0.1) is 0 Å². The molecule has 1 N–H and O–H groups in total. The number of halogens is 1. The number of benzene rings is 1. The topological polar surface area (TPSA) is 46.2 Å². The van der Waals surface area contributed by atoms with Gasteiger partial charge in [-0.1, -0.05) is 24.3 Å². The Kier molecular flexibility index (Phi) is 4.11. The predicted molar refractivity (Wildman–Crippen MR) is 69.6 cm³/mol. The van der Waals surface area contributed by atoms with Crippen molar-refractivity contribution in [2.24, 2.45) is 0 Å². The van der Waals surface area contributed by atoms with Crippen molar-refractivity contribution >= 4 is 21.4 Å². The van der Waals surface area contributed by atoms with Crippen LogP contribution in [0.25, 0.3) is 0 Å². The molecule has 0 aliphatic rings. The molecule has 0 saturated heterocycles. The zero-order valence-corrected chi connectivity index (χ0v) is 11.1. The van der Waals surface area contributed by atoms with E-state index >= 15 is 0 Å². The zero-order valence-electron chi connectivity index (χ0n) is 9.47. The van der Waals surface area contributed by atoms with Gasteiger partial charge in [0.25, 0.3) is 0 Å². The fourth-order valence-corrected chi connectivity index (χ4v) is 3.58. The van der Waals surface area contributed by atoms with Gasteiger partial charge in [-0.2, -0.15) is 0 Å². The molecule has 2 aromatic rings. The summed E-state index contributed by atoms with van der Waals surface area (Å²) < 4.78 is 39.6. The van der Waals surface area contributed by atoms with Crippen molar-refractivity contribution in [3.05, 3.63) is 53.2 Å². The highest BCUT2D eigenvalue weighted by Gasteiger charge is 2.14. The lowest BCUT2D eigenvalue weighted by atomic mass is 10.1. The van der Waals surface area contributed by atoms with Gasteiger partial charge in [0.15, 0.2) is 0 Å². The smallest absolute Gasteiger partial charge is 0.210 e. The quantitative estimate of drug-likeness (QED) is 0.917. The van der Waals surface area contributed by atoms with Crippen LogP contribution in [0.3, 0.4) is 0 Å². The van der Waals surface area contributed by atoms with Crippen molar-refractivity contribution in [1.82, 2.24) is 4.72 Å². The number of rotatable bonds is 5. The summed E-state index contributed by atoms with van der Waals surface area (Å²) in [7, 11) is -3.45. The van der Waals surface area contributed by atoms with Crippen molar-refractivity contribution < 1.29 is 12.8 Å². The van der Waals surface area contributed by atoms with E-state index < -0.39 is 10.0 Å². The van der Waals surface area contributed by atoms with Gasteiger partial charge >= 0.3 is 0 Å². The molecule has 3 nitrogen and oxygen atoms in total. The van der Waals surface area contributed by atoms with Crippen LogP contribution in [0.1, 0.15) is 5.56 Å². The fraction of sp³-hybridized carbons (Fsp3) is 0.167. The van der Waals surface area contributed by atoms with Gasteiger partial charge < -0.3 is 0 Å². The Balaban J connectivity index is 1.96. The summed E-state index contributed by atoms with van der Waals surface area (Å²) in [6.07, 6.45) is 0.331. The molecular weight excluding hydrogens is 273 g/mol. The normalized spacial score (nSPS) is 11.6. The molecule has 0 fully saturated rings. The van der Waals surface area contributed by atoms with Crippen LogP contribution in [0.5, 0.6) is 0 Å². The van der Waals surface area contributed by atoms with Crippen molar-refractivity contribution in [2.75, 3.05) is 6.54 Å². The second kappa shape index (κ2) is 5.60. The molecule has 0 saturated carbocycles. The minimum Gasteiger partial charge on any atom is -0.210 e. The molecule has 0 aliphatic heterocycles. The Morgan fingerprint density at radius 3 is 2.61 bits per heavy atom. The van der Waals surface area contributed by atoms with Crippen molar-refractivity contribution in [1.29, 1.82) is 0 Å². The van der Waals surface area contributed by atoms with Crippen LogP contribution in [0.2, 0.25) is 0 Å². The van der Waals surface area contributed by atoms with E-state index in [-0.39, 0.29) is 16.6 Å². The lowest BCUT2D eigenvalue weighted by Crippen LogP contribution is -2.25. The maximum absolute atomic E-state index is 13.3. The number of nitrogens with one attached hydrogen (secondary N) is 1. The number of thiophene rings is 1. The van der Waals surface area contributed by atoms with E-state index in [0.29, 0.717) is 12.0 Å². The lowest BCUT2D eigenvalue weighted by molar-refractivity contribution is 0.579. The molecule has 0 unspecified atom stereocenters. The largest absolute Gasteiger partial charge is 0.250 e. The van der Waals surface area contributed by atoms with E-state index in [2.05, 4.69) is 4.72 Å². The molecule has 18 heavy (non-hydrogen) atoms. The third-order valence-electron chi connectivity index (χ3n) is 2.40. The van der Waals surface area contributed by atoms with Gasteiger partial charge in [-0.15, -0.1) is 11.3 Å². The molecule has 96 valence electrons. The average molecular weight is 285 g/mol. The Morgan fingerprint density at radius 2 is 1.94 bits per heavy atom. The van der Waals surface area contributed by atoms with Gasteiger partial charge in [-0.3, -0.25) is 0 Å². The molecule has 0 spiro atoms. The summed E-state index contributed by atoms with van der Waals surface area (Å²) in [5.41, 5.74) is 0.506. The number of hydrogen-bond donors (Lipinski definition) is 1. The average Bonchev–Trinajstić information content (AvgIpc) is 2.86. The van der Waals surface area contributed by atoms with Crippen molar-refractivity contribution in [3.8, 4) is 0 Å². The SMILES string of the molecule is O=S(=O)(NCCc1ccccc1F)c1cccs1. The van der Waals surface area contributed by atoms with Crippen LogP contribution >= 0.6 is 11.3 Å². The first-order valence-corrected chi connectivity index (χ1v) is 7.72. The molecule has 2 rings (SSSR count). The van der Waals surface area contributed by atoms with E-state index in [9.17, 15) is 12.8 Å². The first-order chi connectivity index (χ1) is 8.59. The highest BCUT2D eigenvalue weighted by Crippen LogP contribution is 2.15. The monoisotopic (exact) mass is 285 g/mol. The Bertz CT molecular complexity index is 609. The first-order valence-electron chi connectivity index (χ1n) is 5.36. The molecule has 0 amide bonds. The minimum absolute atomic E-state index is 0.182. The number of sulfonamides is 1. The number of hydrogen-bond acceptors (Lipinski definition) is 3. The van der Waals surface area contributed by atoms with Crippen LogP contribution < -0.4 is 4.72 Å². The van der Waals surface area contributed by atoms with Crippen molar-refractivity contribution in [3.63, 3.8) is 0 Å². The van der Waals surface area contributed by atoms with E-state index in [1.807, 2.05) is 0 Å². The standard InChI is InChI=1S/C12H12FNO2S2/c13-11-5-2-1-4-10(11)7-8-14-18(15,16)12-6-3-9-17-12/h1-6,9,14H,7-8H2. The molecule has 1 heterocycles. The van der Waals surface area contributed by atoms with Crippen molar-refractivity contribution in [2.45, 2.75) is 10.6 Å². The molecule has 0 radical (unpaired) electrons. The van der Waals surface area contributed by atoms with Gasteiger partial charge in [-0.25, -0.2) is 17.5 Å². The van der Waals surface area contributed by atoms with Gasteiger partial charge in [0, 0.05) is 6.54 Å². The summed E-state index contributed by atoms with van der Waals surface area (Å²) >= 11 is 1.15. The van der Waals surface area contributed by atoms with Crippen LogP contribution in [-0.2, 0) is 16.4 Å². The Hall–Kier alpha value is -1.24. The molecule has 0 bridgehead atoms. The highest BCUT2D eigenvalue weighted by molar-refractivity contribution is 7.91. The first kappa shape index (κ1) is 13.2. The van der Waals surface area contributed by atoms with Crippen LogP contribution in [0, 0.1) is 5.82 Å². The summed E-state index contributed by atoms with van der Waals surface area (Å²) in [6, 6.07) is 9.56. The lowest BCUT2D eigenvalue weighted by Gasteiger charge is -2.05. The zero-order chi connectivity index (χ0) is 13.0. The van der Waals surface area contributed by atoms with Gasteiger partial charge in [-0.05, 0) is 29.5 Å². The van der Waals surface area contributed by atoms with Crippen LogP contribution in [0.15, 0.2) is 46.0 Å². The summed E-state index contributed by atoms with van der Waals surface area (Å²) in [5.74, 6) is -0.312. The van der Waals surface area contributed by atoms with Crippen LogP contribution in [-0.4, -0.2) is 15.0 Å². The van der Waals surface area contributed by atoms with Gasteiger partial charge in [0.2, 0.25) is 10.0 Å².